The zero-order chi connectivity index (χ0) is 17.6. The monoisotopic (exact) mass is 336 g/mol. The third kappa shape index (κ3) is 4.03. The molecule has 3 rings (SSSR count). The fourth-order valence-corrected chi connectivity index (χ4v) is 2.41. The van der Waals surface area contributed by atoms with Crippen molar-refractivity contribution in [2.75, 3.05) is 7.05 Å². The van der Waals surface area contributed by atoms with Gasteiger partial charge in [0.05, 0.1) is 6.54 Å². The van der Waals surface area contributed by atoms with Crippen LogP contribution in [0, 0.1) is 0 Å². The van der Waals surface area contributed by atoms with Crippen LogP contribution in [-0.2, 0) is 13.1 Å². The smallest absolute Gasteiger partial charge is 0.274 e. The molecule has 6 nitrogen and oxygen atoms in total. The molecular weight excluding hydrogens is 316 g/mol. The highest BCUT2D eigenvalue weighted by Gasteiger charge is 2.17. The number of carbonyl (C=O) groups is 1. The quantitative estimate of drug-likeness (QED) is 0.692. The lowest BCUT2D eigenvalue weighted by Crippen LogP contribution is -2.27. The van der Waals surface area contributed by atoms with Crippen LogP contribution in [0.3, 0.4) is 0 Å². The summed E-state index contributed by atoms with van der Waals surface area (Å²) in [6.07, 6.45) is 3.47. The first-order chi connectivity index (χ1) is 12.2. The highest BCUT2D eigenvalue weighted by atomic mass is 16.5. The van der Waals surface area contributed by atoms with Crippen LogP contribution in [0.1, 0.15) is 23.0 Å². The topological polar surface area (TPSA) is 60.2 Å². The standard InChI is InChI=1S/C19H20N4O2/c1-3-23-13-11-17(21-23)19(24)22(2)14-15-8-7-12-20-18(15)25-16-9-5-4-6-10-16/h4-13H,3,14H2,1-2H3. The SMILES string of the molecule is CCn1ccc(C(=O)N(C)Cc2cccnc2Oc2ccccc2)n1. The Hall–Kier alpha value is -3.15. The molecule has 25 heavy (non-hydrogen) atoms. The molecule has 1 aromatic carbocycles. The maximum absolute atomic E-state index is 12.5. The van der Waals surface area contributed by atoms with E-state index in [1.165, 1.54) is 0 Å². The Morgan fingerprint density at radius 2 is 1.96 bits per heavy atom. The number of aromatic nitrogens is 3. The maximum Gasteiger partial charge on any atom is 0.274 e. The van der Waals surface area contributed by atoms with Crippen LogP contribution in [-0.4, -0.2) is 32.6 Å². The van der Waals surface area contributed by atoms with E-state index < -0.39 is 0 Å². The molecule has 0 saturated heterocycles. The van der Waals surface area contributed by atoms with Gasteiger partial charge in [-0.15, -0.1) is 0 Å². The summed E-state index contributed by atoms with van der Waals surface area (Å²) < 4.78 is 7.58. The van der Waals surface area contributed by atoms with Crippen LogP contribution >= 0.6 is 0 Å². The summed E-state index contributed by atoms with van der Waals surface area (Å²) in [5, 5.41) is 4.26. The Morgan fingerprint density at radius 3 is 2.68 bits per heavy atom. The van der Waals surface area contributed by atoms with Gasteiger partial charge in [-0.05, 0) is 31.2 Å². The molecule has 0 aliphatic rings. The molecule has 0 atom stereocenters. The number of amides is 1. The van der Waals surface area contributed by atoms with E-state index in [-0.39, 0.29) is 5.91 Å². The molecule has 1 amide bonds. The third-order valence-corrected chi connectivity index (χ3v) is 3.75. The van der Waals surface area contributed by atoms with Crippen molar-refractivity contribution in [3.63, 3.8) is 0 Å². The van der Waals surface area contributed by atoms with E-state index in [9.17, 15) is 4.79 Å². The van der Waals surface area contributed by atoms with Crippen molar-refractivity contribution in [2.24, 2.45) is 0 Å². The van der Waals surface area contributed by atoms with Gasteiger partial charge in [0.1, 0.15) is 11.4 Å². The summed E-state index contributed by atoms with van der Waals surface area (Å²) in [4.78, 5) is 18.4. The van der Waals surface area contributed by atoms with Crippen molar-refractivity contribution in [2.45, 2.75) is 20.0 Å². The zero-order valence-electron chi connectivity index (χ0n) is 14.3. The molecule has 0 bridgehead atoms. The third-order valence-electron chi connectivity index (χ3n) is 3.75. The van der Waals surface area contributed by atoms with E-state index in [4.69, 9.17) is 4.74 Å². The van der Waals surface area contributed by atoms with Gasteiger partial charge in [-0.2, -0.15) is 5.10 Å². The minimum Gasteiger partial charge on any atom is -0.439 e. The lowest BCUT2D eigenvalue weighted by molar-refractivity contribution is 0.0777. The fourth-order valence-electron chi connectivity index (χ4n) is 2.41. The lowest BCUT2D eigenvalue weighted by atomic mass is 10.2. The van der Waals surface area contributed by atoms with E-state index in [2.05, 4.69) is 10.1 Å². The van der Waals surface area contributed by atoms with Gasteiger partial charge in [0.2, 0.25) is 5.88 Å². The largest absolute Gasteiger partial charge is 0.439 e. The minimum absolute atomic E-state index is 0.137. The van der Waals surface area contributed by atoms with Gasteiger partial charge in [-0.3, -0.25) is 9.48 Å². The predicted octanol–water partition coefficient (Wildman–Crippen LogP) is 3.36. The molecule has 6 heteroatoms. The first-order valence-corrected chi connectivity index (χ1v) is 8.13. The number of ether oxygens (including phenoxy) is 1. The second-order valence-electron chi connectivity index (χ2n) is 5.60. The Bertz CT molecular complexity index is 845. The van der Waals surface area contributed by atoms with E-state index >= 15 is 0 Å². The summed E-state index contributed by atoms with van der Waals surface area (Å²) in [6, 6.07) is 14.9. The molecule has 0 aliphatic carbocycles. The van der Waals surface area contributed by atoms with Gasteiger partial charge in [0.25, 0.3) is 5.91 Å². The molecular formula is C19H20N4O2. The summed E-state index contributed by atoms with van der Waals surface area (Å²) in [5.41, 5.74) is 1.26. The average Bonchev–Trinajstić information content (AvgIpc) is 3.12. The number of hydrogen-bond donors (Lipinski definition) is 0. The van der Waals surface area contributed by atoms with Crippen molar-refractivity contribution >= 4 is 5.91 Å². The molecule has 0 spiro atoms. The minimum atomic E-state index is -0.137. The van der Waals surface area contributed by atoms with Crippen LogP contribution < -0.4 is 4.74 Å². The molecule has 0 unspecified atom stereocenters. The summed E-state index contributed by atoms with van der Waals surface area (Å²) >= 11 is 0. The number of carbonyl (C=O) groups excluding carboxylic acids is 1. The second-order valence-corrected chi connectivity index (χ2v) is 5.60. The van der Waals surface area contributed by atoms with Crippen LogP contribution in [0.4, 0.5) is 0 Å². The number of nitrogens with zero attached hydrogens (tertiary/aromatic N) is 4. The molecule has 0 fully saturated rings. The van der Waals surface area contributed by atoms with E-state index in [1.807, 2.05) is 49.4 Å². The normalized spacial score (nSPS) is 10.5. The van der Waals surface area contributed by atoms with Crippen LogP contribution in [0.5, 0.6) is 11.6 Å². The number of aryl methyl sites for hydroxylation is 1. The summed E-state index contributed by atoms with van der Waals surface area (Å²) in [7, 11) is 1.74. The average molecular weight is 336 g/mol. The molecule has 2 aromatic heterocycles. The number of hydrogen-bond acceptors (Lipinski definition) is 4. The zero-order valence-corrected chi connectivity index (χ0v) is 14.3. The Morgan fingerprint density at radius 1 is 1.16 bits per heavy atom. The Balaban J connectivity index is 1.75. The van der Waals surface area contributed by atoms with Crippen LogP contribution in [0.25, 0.3) is 0 Å². The van der Waals surface area contributed by atoms with Crippen molar-refractivity contribution in [3.05, 3.63) is 72.2 Å². The molecule has 0 saturated carbocycles. The molecule has 0 radical (unpaired) electrons. The van der Waals surface area contributed by atoms with Gasteiger partial charge in [0, 0.05) is 31.5 Å². The van der Waals surface area contributed by atoms with Gasteiger partial charge < -0.3 is 9.64 Å². The van der Waals surface area contributed by atoms with Gasteiger partial charge in [0.15, 0.2) is 0 Å². The summed E-state index contributed by atoms with van der Waals surface area (Å²) in [6.45, 7) is 3.09. The van der Waals surface area contributed by atoms with Crippen LogP contribution in [0.15, 0.2) is 60.9 Å². The van der Waals surface area contributed by atoms with Crippen molar-refractivity contribution in [3.8, 4) is 11.6 Å². The molecule has 128 valence electrons. The van der Waals surface area contributed by atoms with Crippen LogP contribution in [0.2, 0.25) is 0 Å². The van der Waals surface area contributed by atoms with E-state index in [0.717, 1.165) is 12.1 Å². The van der Waals surface area contributed by atoms with Gasteiger partial charge >= 0.3 is 0 Å². The number of pyridine rings is 1. The number of para-hydroxylation sites is 1. The molecule has 0 aliphatic heterocycles. The summed E-state index contributed by atoms with van der Waals surface area (Å²) in [5.74, 6) is 1.06. The van der Waals surface area contributed by atoms with E-state index in [1.54, 1.807) is 35.1 Å². The first kappa shape index (κ1) is 16.7. The predicted molar refractivity (Wildman–Crippen MR) is 94.5 cm³/mol. The fraction of sp³-hybridized carbons (Fsp3) is 0.211. The van der Waals surface area contributed by atoms with E-state index in [0.29, 0.717) is 23.9 Å². The van der Waals surface area contributed by atoms with Gasteiger partial charge in [-0.1, -0.05) is 24.3 Å². The Kier molecular flexibility index (Phi) is 5.09. The van der Waals surface area contributed by atoms with Crippen molar-refractivity contribution in [1.82, 2.24) is 19.7 Å². The number of rotatable bonds is 6. The van der Waals surface area contributed by atoms with Crippen molar-refractivity contribution in [1.29, 1.82) is 0 Å². The lowest BCUT2D eigenvalue weighted by Gasteiger charge is -2.17. The second kappa shape index (κ2) is 7.61. The number of benzene rings is 1. The Labute approximate surface area is 146 Å². The molecule has 2 heterocycles. The highest BCUT2D eigenvalue weighted by molar-refractivity contribution is 5.92. The van der Waals surface area contributed by atoms with Crippen molar-refractivity contribution < 1.29 is 9.53 Å². The highest BCUT2D eigenvalue weighted by Crippen LogP contribution is 2.23. The maximum atomic E-state index is 12.5. The van der Waals surface area contributed by atoms with Gasteiger partial charge in [-0.25, -0.2) is 4.98 Å². The first-order valence-electron chi connectivity index (χ1n) is 8.13. The molecule has 0 N–H and O–H groups in total. The molecule has 3 aromatic rings.